The minimum Gasteiger partial charge on any atom is -0.356 e. The van der Waals surface area contributed by atoms with Crippen molar-refractivity contribution >= 4 is 17.2 Å². The summed E-state index contributed by atoms with van der Waals surface area (Å²) in [5.41, 5.74) is 3.36. The highest BCUT2D eigenvalue weighted by Crippen LogP contribution is 1.98. The maximum Gasteiger partial charge on any atom is 0.219 e. The zero-order chi connectivity index (χ0) is 8.65. The van der Waals surface area contributed by atoms with Crippen molar-refractivity contribution in [2.45, 2.75) is 19.3 Å². The van der Waals surface area contributed by atoms with Crippen LogP contribution in [-0.4, -0.2) is 22.6 Å². The zero-order valence-corrected chi connectivity index (χ0v) is 7.51. The Kier molecular flexibility index (Phi) is 4.30. The maximum atomic E-state index is 10.4. The minimum atomic E-state index is 0.214. The lowest BCUT2D eigenvalue weighted by atomic mass is 10.2. The molecule has 1 aliphatic heterocycles. The van der Waals surface area contributed by atoms with Crippen molar-refractivity contribution < 1.29 is 4.79 Å². The average molecular weight is 185 g/mol. The lowest BCUT2D eigenvalue weighted by Gasteiger charge is -2.08. The molecular weight excluding hydrogens is 174 g/mol. The van der Waals surface area contributed by atoms with Crippen LogP contribution in [0.3, 0.4) is 0 Å². The number of amides is 1. The molecule has 1 aromatic rings. The van der Waals surface area contributed by atoms with Crippen LogP contribution < -0.4 is 5.32 Å². The lowest BCUT2D eigenvalue weighted by Crippen LogP contribution is -2.28. The smallest absolute Gasteiger partial charge is 0.219 e. The molecule has 1 N–H and O–H groups in total. The minimum absolute atomic E-state index is 0.214. The molecule has 2 heterocycles. The Labute approximate surface area is 75.0 Å². The van der Waals surface area contributed by atoms with Gasteiger partial charge < -0.3 is 5.32 Å². The summed E-state index contributed by atoms with van der Waals surface area (Å²) < 4.78 is 0. The van der Waals surface area contributed by atoms with Gasteiger partial charge in [-0.1, -0.05) is 0 Å². The van der Waals surface area contributed by atoms with Crippen LogP contribution in [0.25, 0.3) is 0 Å². The first-order chi connectivity index (χ1) is 5.89. The summed E-state index contributed by atoms with van der Waals surface area (Å²) in [4.78, 5) is 10.4. The number of carbonyl (C=O) groups is 1. The first kappa shape index (κ1) is 9.12. The molecule has 4 nitrogen and oxygen atoms in total. The number of rotatable bonds is 0. The highest BCUT2D eigenvalue weighted by atomic mass is 32.1. The van der Waals surface area contributed by atoms with E-state index in [1.165, 1.54) is 11.3 Å². The molecule has 0 aromatic carbocycles. The highest BCUT2D eigenvalue weighted by Gasteiger charge is 2.04. The van der Waals surface area contributed by atoms with Gasteiger partial charge in [-0.2, -0.15) is 0 Å². The van der Waals surface area contributed by atoms with Crippen LogP contribution in [0.2, 0.25) is 0 Å². The molecule has 1 fully saturated rings. The summed E-state index contributed by atoms with van der Waals surface area (Å²) in [6.07, 6.45) is 2.97. The Balaban J connectivity index is 0.000000127. The van der Waals surface area contributed by atoms with Crippen LogP contribution in [0.4, 0.5) is 0 Å². The molecule has 1 aliphatic rings. The second kappa shape index (κ2) is 5.65. The Morgan fingerprint density at radius 2 is 2.08 bits per heavy atom. The van der Waals surface area contributed by atoms with Gasteiger partial charge in [0.2, 0.25) is 5.91 Å². The highest BCUT2D eigenvalue weighted by molar-refractivity contribution is 7.07. The van der Waals surface area contributed by atoms with E-state index in [2.05, 4.69) is 15.5 Å². The number of piperidine rings is 1. The molecule has 0 spiro atoms. The van der Waals surface area contributed by atoms with Gasteiger partial charge in [0.05, 0.1) is 0 Å². The van der Waals surface area contributed by atoms with Crippen molar-refractivity contribution in [3.05, 3.63) is 11.0 Å². The van der Waals surface area contributed by atoms with Crippen LogP contribution in [0.15, 0.2) is 11.0 Å². The van der Waals surface area contributed by atoms with Gasteiger partial charge in [-0.05, 0) is 12.8 Å². The van der Waals surface area contributed by atoms with E-state index in [1.807, 2.05) is 0 Å². The quantitative estimate of drug-likeness (QED) is 0.651. The Morgan fingerprint density at radius 1 is 1.33 bits per heavy atom. The van der Waals surface area contributed by atoms with Gasteiger partial charge >= 0.3 is 0 Å². The molecule has 0 atom stereocenters. The first-order valence-corrected chi connectivity index (χ1v) is 4.79. The van der Waals surface area contributed by atoms with Crippen LogP contribution in [0.5, 0.6) is 0 Å². The summed E-state index contributed by atoms with van der Waals surface area (Å²) in [7, 11) is 0. The van der Waals surface area contributed by atoms with E-state index < -0.39 is 0 Å². The van der Waals surface area contributed by atoms with E-state index >= 15 is 0 Å². The molecule has 1 saturated heterocycles. The van der Waals surface area contributed by atoms with E-state index in [0.29, 0.717) is 0 Å². The standard InChI is InChI=1S/C5H9NO.C2H2N2S/c7-5-3-1-2-4-6-5;1-3-4-2-5-1/h1-4H2,(H,6,7);1-2H. The fourth-order valence-electron chi connectivity index (χ4n) is 0.863. The molecule has 2 rings (SSSR count). The van der Waals surface area contributed by atoms with Crippen LogP contribution in [0.1, 0.15) is 19.3 Å². The van der Waals surface area contributed by atoms with Crippen LogP contribution in [0, 0.1) is 0 Å². The summed E-state index contributed by atoms with van der Waals surface area (Å²) >= 11 is 1.49. The average Bonchev–Trinajstić information content (AvgIpc) is 2.62. The third kappa shape index (κ3) is 4.02. The molecule has 1 amide bonds. The van der Waals surface area contributed by atoms with Crippen LogP contribution >= 0.6 is 11.3 Å². The SMILES string of the molecule is O=C1CCCCN1.c1nncs1. The van der Waals surface area contributed by atoms with Crippen molar-refractivity contribution in [2.75, 3.05) is 6.54 Å². The monoisotopic (exact) mass is 185 g/mol. The molecular formula is C7H11N3OS. The predicted molar refractivity (Wildman–Crippen MR) is 46.8 cm³/mol. The third-order valence-corrected chi connectivity index (χ3v) is 1.87. The fraction of sp³-hybridized carbons (Fsp3) is 0.571. The van der Waals surface area contributed by atoms with Crippen LogP contribution in [-0.2, 0) is 4.79 Å². The second-order valence-corrected chi connectivity index (χ2v) is 3.08. The van der Waals surface area contributed by atoms with Crippen molar-refractivity contribution in [2.24, 2.45) is 0 Å². The van der Waals surface area contributed by atoms with Gasteiger partial charge in [-0.3, -0.25) is 4.79 Å². The number of hydrogen-bond acceptors (Lipinski definition) is 4. The molecule has 0 bridgehead atoms. The molecule has 0 saturated carbocycles. The van der Waals surface area contributed by atoms with Gasteiger partial charge in [0, 0.05) is 13.0 Å². The number of hydrogen-bond donors (Lipinski definition) is 1. The van der Waals surface area contributed by atoms with Gasteiger partial charge in [-0.15, -0.1) is 21.5 Å². The van der Waals surface area contributed by atoms with E-state index in [1.54, 1.807) is 11.0 Å². The fourth-order valence-corrected chi connectivity index (χ4v) is 1.14. The van der Waals surface area contributed by atoms with Crippen molar-refractivity contribution in [3.8, 4) is 0 Å². The van der Waals surface area contributed by atoms with Gasteiger partial charge in [-0.25, -0.2) is 0 Å². The Morgan fingerprint density at radius 3 is 2.33 bits per heavy atom. The predicted octanol–water partition coefficient (Wildman–Crippen LogP) is 0.825. The number of carbonyl (C=O) groups excluding carboxylic acids is 1. The molecule has 0 radical (unpaired) electrons. The largest absolute Gasteiger partial charge is 0.356 e. The summed E-state index contributed by atoms with van der Waals surface area (Å²) in [5, 5.41) is 9.72. The molecule has 0 aliphatic carbocycles. The Hall–Kier alpha value is -0.970. The molecule has 12 heavy (non-hydrogen) atoms. The second-order valence-electron chi connectivity index (χ2n) is 2.38. The van der Waals surface area contributed by atoms with E-state index in [-0.39, 0.29) is 5.91 Å². The summed E-state index contributed by atoms with van der Waals surface area (Å²) in [5.74, 6) is 0.214. The molecule has 1 aromatic heterocycles. The number of nitrogens with one attached hydrogen (secondary N) is 1. The zero-order valence-electron chi connectivity index (χ0n) is 6.69. The molecule has 66 valence electrons. The topological polar surface area (TPSA) is 54.9 Å². The summed E-state index contributed by atoms with van der Waals surface area (Å²) in [6, 6.07) is 0. The van der Waals surface area contributed by atoms with Gasteiger partial charge in [0.25, 0.3) is 0 Å². The third-order valence-electron chi connectivity index (χ3n) is 1.44. The van der Waals surface area contributed by atoms with Gasteiger partial charge in [0.15, 0.2) is 0 Å². The van der Waals surface area contributed by atoms with Crippen molar-refractivity contribution in [1.82, 2.24) is 15.5 Å². The summed E-state index contributed by atoms with van der Waals surface area (Å²) in [6.45, 7) is 0.888. The Bertz CT molecular complexity index is 187. The van der Waals surface area contributed by atoms with E-state index in [4.69, 9.17) is 0 Å². The molecule has 0 unspecified atom stereocenters. The van der Waals surface area contributed by atoms with Crippen molar-refractivity contribution in [1.29, 1.82) is 0 Å². The van der Waals surface area contributed by atoms with Crippen molar-refractivity contribution in [3.63, 3.8) is 0 Å². The maximum absolute atomic E-state index is 10.4. The number of nitrogens with zero attached hydrogens (tertiary/aromatic N) is 2. The molecule has 5 heteroatoms. The van der Waals surface area contributed by atoms with E-state index in [9.17, 15) is 4.79 Å². The lowest BCUT2D eigenvalue weighted by molar-refractivity contribution is -0.122. The normalized spacial score (nSPS) is 15.8. The number of aromatic nitrogens is 2. The van der Waals surface area contributed by atoms with E-state index in [0.717, 1.165) is 25.8 Å². The van der Waals surface area contributed by atoms with Gasteiger partial charge in [0.1, 0.15) is 11.0 Å². The first-order valence-electron chi connectivity index (χ1n) is 3.85.